The number of ether oxygens (including phenoxy) is 2. The summed E-state index contributed by atoms with van der Waals surface area (Å²) in [5, 5.41) is 53.6. The first-order valence-electron chi connectivity index (χ1n) is 26.5. The van der Waals surface area contributed by atoms with Crippen molar-refractivity contribution < 1.29 is 39.8 Å². The highest BCUT2D eigenvalue weighted by Crippen LogP contribution is 2.23. The van der Waals surface area contributed by atoms with Crippen LogP contribution in [0.4, 0.5) is 0 Å². The third kappa shape index (κ3) is 34.2. The number of carbonyl (C=O) groups is 1. The lowest BCUT2D eigenvalue weighted by Crippen LogP contribution is -2.60. The van der Waals surface area contributed by atoms with E-state index in [0.717, 1.165) is 64.2 Å². The number of nitrogens with one attached hydrogen (secondary N) is 1. The van der Waals surface area contributed by atoms with Gasteiger partial charge in [0.25, 0.3) is 0 Å². The molecule has 1 rings (SSSR count). The van der Waals surface area contributed by atoms with Crippen LogP contribution in [0.2, 0.25) is 0 Å². The highest BCUT2D eigenvalue weighted by Gasteiger charge is 2.44. The van der Waals surface area contributed by atoms with Gasteiger partial charge in [0.1, 0.15) is 24.4 Å². The standard InChI is InChI=1S/C55H99NO8/c1-3-5-7-9-10-11-12-13-14-15-16-17-18-19-20-21-22-23-24-25-26-27-28-29-30-31-32-33-34-35-36-37-38-39-40-41-43-45-51(59)56-48(49(58)44-42-8-6-4-2)47-63-55-54(62)53(61)52(60)50(46-57)64-55/h5,7,10-11,13-14,16-17,42,44,48-50,52-55,57-58,60-62H,3-4,6,8-9,12,15,18-41,43,45-47H2,1-2H3,(H,56,59)/b7-5-,11-10-,14-13-,17-16-,44-42+. The van der Waals surface area contributed by atoms with Crippen molar-refractivity contribution in [2.75, 3.05) is 13.2 Å². The van der Waals surface area contributed by atoms with Gasteiger partial charge in [0.05, 0.1) is 25.4 Å². The molecule has 64 heavy (non-hydrogen) atoms. The van der Waals surface area contributed by atoms with Gasteiger partial charge in [0, 0.05) is 6.42 Å². The number of allylic oxidation sites excluding steroid dienone is 9. The average Bonchev–Trinajstić information content (AvgIpc) is 3.29. The minimum Gasteiger partial charge on any atom is -0.394 e. The topological polar surface area (TPSA) is 149 Å². The van der Waals surface area contributed by atoms with Gasteiger partial charge in [-0.1, -0.05) is 229 Å². The molecule has 0 aromatic rings. The van der Waals surface area contributed by atoms with Crippen molar-refractivity contribution in [1.82, 2.24) is 5.32 Å². The summed E-state index contributed by atoms with van der Waals surface area (Å²) in [6.45, 7) is 3.51. The number of hydrogen-bond acceptors (Lipinski definition) is 8. The van der Waals surface area contributed by atoms with Gasteiger partial charge < -0.3 is 40.3 Å². The number of aliphatic hydroxyl groups excluding tert-OH is 5. The Morgan fingerprint density at radius 2 is 0.969 bits per heavy atom. The number of unbranched alkanes of at least 4 members (excludes halogenated alkanes) is 26. The normalized spacial score (nSPS) is 20.5. The van der Waals surface area contributed by atoms with Crippen LogP contribution in [0.3, 0.4) is 0 Å². The molecule has 0 saturated carbocycles. The molecule has 1 saturated heterocycles. The van der Waals surface area contributed by atoms with Crippen LogP contribution < -0.4 is 5.32 Å². The zero-order chi connectivity index (χ0) is 46.6. The maximum atomic E-state index is 12.8. The molecule has 9 heteroatoms. The van der Waals surface area contributed by atoms with Crippen molar-refractivity contribution in [3.05, 3.63) is 60.8 Å². The second-order valence-corrected chi connectivity index (χ2v) is 18.3. The van der Waals surface area contributed by atoms with Crippen molar-refractivity contribution >= 4 is 5.91 Å². The summed E-state index contributed by atoms with van der Waals surface area (Å²) in [5.74, 6) is -0.185. The van der Waals surface area contributed by atoms with Gasteiger partial charge in [-0.3, -0.25) is 4.79 Å². The molecule has 1 aliphatic heterocycles. The largest absolute Gasteiger partial charge is 0.394 e. The van der Waals surface area contributed by atoms with E-state index in [9.17, 15) is 30.3 Å². The molecule has 0 aliphatic carbocycles. The van der Waals surface area contributed by atoms with E-state index in [1.165, 1.54) is 141 Å². The Labute approximate surface area is 392 Å². The molecule has 0 aromatic carbocycles. The molecule has 1 fully saturated rings. The molecule has 9 nitrogen and oxygen atoms in total. The smallest absolute Gasteiger partial charge is 0.220 e. The minimum absolute atomic E-state index is 0.185. The van der Waals surface area contributed by atoms with E-state index in [1.807, 2.05) is 6.08 Å². The molecule has 7 atom stereocenters. The number of amides is 1. The quantitative estimate of drug-likeness (QED) is 0.0262. The zero-order valence-electron chi connectivity index (χ0n) is 41.0. The first-order valence-corrected chi connectivity index (χ1v) is 26.5. The van der Waals surface area contributed by atoms with Crippen LogP contribution in [0, 0.1) is 0 Å². The molecule has 372 valence electrons. The summed E-state index contributed by atoms with van der Waals surface area (Å²) < 4.78 is 11.1. The van der Waals surface area contributed by atoms with E-state index < -0.39 is 49.5 Å². The molecule has 0 spiro atoms. The first-order chi connectivity index (χ1) is 31.3. The molecular formula is C55H99NO8. The van der Waals surface area contributed by atoms with Gasteiger partial charge in [-0.05, 0) is 51.4 Å². The van der Waals surface area contributed by atoms with Gasteiger partial charge in [0.2, 0.25) is 5.91 Å². The van der Waals surface area contributed by atoms with Crippen LogP contribution in [-0.4, -0.2) is 87.5 Å². The zero-order valence-corrected chi connectivity index (χ0v) is 41.0. The van der Waals surface area contributed by atoms with Crippen LogP contribution in [-0.2, 0) is 14.3 Å². The Morgan fingerprint density at radius 1 is 0.547 bits per heavy atom. The summed E-state index contributed by atoms with van der Waals surface area (Å²) in [5.41, 5.74) is 0. The summed E-state index contributed by atoms with van der Waals surface area (Å²) in [4.78, 5) is 12.8. The van der Waals surface area contributed by atoms with Crippen LogP contribution in [0.25, 0.3) is 0 Å². The third-order valence-electron chi connectivity index (χ3n) is 12.3. The monoisotopic (exact) mass is 902 g/mol. The second kappa shape index (κ2) is 44.7. The highest BCUT2D eigenvalue weighted by molar-refractivity contribution is 5.76. The van der Waals surface area contributed by atoms with Gasteiger partial charge in [-0.15, -0.1) is 0 Å². The molecular weight excluding hydrogens is 803 g/mol. The van der Waals surface area contributed by atoms with Crippen LogP contribution in [0.15, 0.2) is 60.8 Å². The minimum atomic E-state index is -1.56. The van der Waals surface area contributed by atoms with Gasteiger partial charge >= 0.3 is 0 Å². The van der Waals surface area contributed by atoms with Crippen molar-refractivity contribution in [1.29, 1.82) is 0 Å². The summed E-state index contributed by atoms with van der Waals surface area (Å²) in [6, 6.07) is -0.799. The third-order valence-corrected chi connectivity index (χ3v) is 12.3. The number of carbonyl (C=O) groups excluding carboxylic acids is 1. The summed E-state index contributed by atoms with van der Waals surface area (Å²) >= 11 is 0. The fraction of sp³-hybridized carbons (Fsp3) is 0.800. The Hall–Kier alpha value is -2.11. The Morgan fingerprint density at radius 3 is 1.42 bits per heavy atom. The number of hydrogen-bond donors (Lipinski definition) is 6. The molecule has 6 N–H and O–H groups in total. The van der Waals surface area contributed by atoms with Crippen molar-refractivity contribution in [3.63, 3.8) is 0 Å². The number of rotatable bonds is 44. The lowest BCUT2D eigenvalue weighted by molar-refractivity contribution is -0.302. The number of aliphatic hydroxyl groups is 5. The Balaban J connectivity index is 1.94. The molecule has 0 radical (unpaired) electrons. The van der Waals surface area contributed by atoms with Crippen LogP contribution in [0.1, 0.15) is 226 Å². The van der Waals surface area contributed by atoms with E-state index in [2.05, 4.69) is 67.8 Å². The molecule has 7 unspecified atom stereocenters. The highest BCUT2D eigenvalue weighted by atomic mass is 16.7. The summed E-state index contributed by atoms with van der Waals surface area (Å²) in [7, 11) is 0. The molecule has 1 amide bonds. The van der Waals surface area contributed by atoms with Crippen molar-refractivity contribution in [3.8, 4) is 0 Å². The van der Waals surface area contributed by atoms with E-state index in [1.54, 1.807) is 6.08 Å². The maximum Gasteiger partial charge on any atom is 0.220 e. The fourth-order valence-electron chi connectivity index (χ4n) is 8.13. The van der Waals surface area contributed by atoms with Gasteiger partial charge in [-0.25, -0.2) is 0 Å². The lowest BCUT2D eigenvalue weighted by atomic mass is 9.99. The molecule has 0 bridgehead atoms. The Kier molecular flexibility index (Phi) is 41.9. The van der Waals surface area contributed by atoms with Crippen molar-refractivity contribution in [2.45, 2.75) is 269 Å². The molecule has 1 aliphatic rings. The van der Waals surface area contributed by atoms with Gasteiger partial charge in [0.15, 0.2) is 6.29 Å². The first kappa shape index (κ1) is 59.9. The molecule has 0 aromatic heterocycles. The predicted octanol–water partition coefficient (Wildman–Crippen LogP) is 12.3. The van der Waals surface area contributed by atoms with Crippen molar-refractivity contribution in [2.24, 2.45) is 0 Å². The average molecular weight is 902 g/mol. The summed E-state index contributed by atoms with van der Waals surface area (Å²) in [6.07, 6.45) is 53.9. The van der Waals surface area contributed by atoms with Crippen LogP contribution >= 0.6 is 0 Å². The van der Waals surface area contributed by atoms with Crippen LogP contribution in [0.5, 0.6) is 0 Å². The van der Waals surface area contributed by atoms with Gasteiger partial charge in [-0.2, -0.15) is 0 Å². The maximum absolute atomic E-state index is 12.8. The second-order valence-electron chi connectivity index (χ2n) is 18.3. The predicted molar refractivity (Wildman–Crippen MR) is 267 cm³/mol. The lowest BCUT2D eigenvalue weighted by Gasteiger charge is -2.40. The van der Waals surface area contributed by atoms with E-state index in [0.29, 0.717) is 6.42 Å². The SMILES string of the molecule is CC/C=C\C/C=C\C/C=C\C/C=C\CCCCCCCCCCCCCCCCCCCCCCCCCCC(=O)NC(COC1OC(CO)C(O)C(O)C1O)C(O)/C=C/CCCC. The Bertz CT molecular complexity index is 1180. The van der Waals surface area contributed by atoms with E-state index in [4.69, 9.17) is 9.47 Å². The molecule has 1 heterocycles. The van der Waals surface area contributed by atoms with E-state index >= 15 is 0 Å². The van der Waals surface area contributed by atoms with E-state index in [-0.39, 0.29) is 12.5 Å². The fourth-order valence-corrected chi connectivity index (χ4v) is 8.13.